The molecule has 4 rings (SSSR count). The van der Waals surface area contributed by atoms with Gasteiger partial charge in [-0.05, 0) is 48.0 Å². The highest BCUT2D eigenvalue weighted by molar-refractivity contribution is 7.95. The molecule has 0 saturated carbocycles. The second-order valence-corrected chi connectivity index (χ2v) is 10.9. The molecule has 4 aromatic carbocycles. The van der Waals surface area contributed by atoms with Crippen LogP contribution in [0.4, 0.5) is 0 Å². The van der Waals surface area contributed by atoms with Crippen LogP contribution in [0.3, 0.4) is 0 Å². The zero-order valence-corrected chi connectivity index (χ0v) is 19.4. The summed E-state index contributed by atoms with van der Waals surface area (Å²) < 4.78 is 0. The van der Waals surface area contributed by atoms with E-state index in [1.165, 1.54) is 15.9 Å². The number of benzene rings is 4. The summed E-state index contributed by atoms with van der Waals surface area (Å²) >= 11 is 0. The molecule has 0 N–H and O–H groups in total. The molecule has 0 fully saturated rings. The van der Waals surface area contributed by atoms with Crippen molar-refractivity contribution in [2.45, 2.75) is 13.8 Å². The van der Waals surface area contributed by atoms with Gasteiger partial charge < -0.3 is 0 Å². The Balaban J connectivity index is 1.94. The Hall–Kier alpha value is -3.48. The van der Waals surface area contributed by atoms with Crippen molar-refractivity contribution in [3.8, 4) is 0 Å². The Morgan fingerprint density at radius 2 is 0.906 bits per heavy atom. The molecule has 2 nitrogen and oxygen atoms in total. The van der Waals surface area contributed by atoms with Gasteiger partial charge in [-0.15, -0.1) is 0 Å². The standard InChI is InChI=1S/C29H27N2P/c1-24(30-31-25(2)26-15-7-3-8-16-26)23-32(27-17-9-4-10-18-27,28-19-11-5-12-20-28)29-21-13-6-14-22-29/h3-23H,1-2H3/b30-24+,31-25+. The van der Waals surface area contributed by atoms with Gasteiger partial charge in [0, 0.05) is 0 Å². The van der Waals surface area contributed by atoms with Crippen molar-refractivity contribution in [3.05, 3.63) is 127 Å². The number of rotatable bonds is 6. The Labute approximate surface area is 191 Å². The molecule has 158 valence electrons. The van der Waals surface area contributed by atoms with Crippen molar-refractivity contribution in [1.29, 1.82) is 0 Å². The third-order valence-corrected chi connectivity index (χ3v) is 9.52. The molecule has 0 radical (unpaired) electrons. The van der Waals surface area contributed by atoms with Crippen molar-refractivity contribution >= 4 is 40.0 Å². The lowest BCUT2D eigenvalue weighted by Crippen LogP contribution is -2.28. The van der Waals surface area contributed by atoms with Gasteiger partial charge in [0.25, 0.3) is 0 Å². The molecule has 0 aliphatic carbocycles. The summed E-state index contributed by atoms with van der Waals surface area (Å²) in [6, 6.07) is 42.5. The quantitative estimate of drug-likeness (QED) is 0.212. The Morgan fingerprint density at radius 3 is 1.31 bits per heavy atom. The summed E-state index contributed by atoms with van der Waals surface area (Å²) in [7, 11) is 0. The van der Waals surface area contributed by atoms with Crippen LogP contribution in [-0.2, 0) is 0 Å². The fourth-order valence-corrected chi connectivity index (χ4v) is 7.74. The summed E-state index contributed by atoms with van der Waals surface area (Å²) in [6.07, 6.45) is 0. The summed E-state index contributed by atoms with van der Waals surface area (Å²) in [4.78, 5) is 0. The molecule has 3 heteroatoms. The minimum atomic E-state index is -2.07. The Morgan fingerprint density at radius 1 is 0.531 bits per heavy atom. The van der Waals surface area contributed by atoms with Crippen molar-refractivity contribution < 1.29 is 0 Å². The molecule has 0 spiro atoms. The van der Waals surface area contributed by atoms with Crippen molar-refractivity contribution in [2.24, 2.45) is 10.2 Å². The third-order valence-electron chi connectivity index (χ3n) is 5.42. The molecule has 0 heterocycles. The van der Waals surface area contributed by atoms with Crippen LogP contribution in [0.2, 0.25) is 0 Å². The van der Waals surface area contributed by atoms with Gasteiger partial charge in [-0.25, -0.2) is 0 Å². The van der Waals surface area contributed by atoms with Crippen LogP contribution in [0.15, 0.2) is 132 Å². The van der Waals surface area contributed by atoms with Crippen LogP contribution >= 0.6 is 6.89 Å². The average Bonchev–Trinajstić information content (AvgIpc) is 2.88. The van der Waals surface area contributed by atoms with Gasteiger partial charge in [-0.2, -0.15) is 10.2 Å². The van der Waals surface area contributed by atoms with Crippen LogP contribution < -0.4 is 15.9 Å². The van der Waals surface area contributed by atoms with Crippen LogP contribution in [0.5, 0.6) is 0 Å². The summed E-state index contributed by atoms with van der Waals surface area (Å²) in [5.41, 5.74) is 2.89. The van der Waals surface area contributed by atoms with Crippen molar-refractivity contribution in [1.82, 2.24) is 0 Å². The third kappa shape index (κ3) is 4.72. The van der Waals surface area contributed by atoms with Gasteiger partial charge in [0.15, 0.2) is 0 Å². The molecule has 0 aliphatic heterocycles. The second kappa shape index (κ2) is 10.2. The first kappa shape index (κ1) is 21.7. The van der Waals surface area contributed by atoms with Gasteiger partial charge in [0.2, 0.25) is 0 Å². The average molecular weight is 435 g/mol. The molecule has 4 aromatic rings. The normalized spacial score (nSPS) is 12.4. The van der Waals surface area contributed by atoms with E-state index in [1.807, 2.05) is 32.0 Å². The Bertz CT molecular complexity index is 1160. The van der Waals surface area contributed by atoms with E-state index in [9.17, 15) is 0 Å². The first-order valence-corrected chi connectivity index (χ1v) is 12.6. The van der Waals surface area contributed by atoms with E-state index < -0.39 is 6.89 Å². The van der Waals surface area contributed by atoms with E-state index in [4.69, 9.17) is 0 Å². The minimum absolute atomic E-state index is 0.904. The van der Waals surface area contributed by atoms with Crippen LogP contribution in [0.1, 0.15) is 19.4 Å². The maximum Gasteiger partial charge on any atom is 0.0671 e. The largest absolute Gasteiger partial charge is 0.156 e. The van der Waals surface area contributed by atoms with Crippen LogP contribution in [0, 0.1) is 0 Å². The minimum Gasteiger partial charge on any atom is -0.156 e. The summed E-state index contributed by atoms with van der Waals surface area (Å²) in [5.74, 6) is 2.34. The molecule has 0 unspecified atom stereocenters. The second-order valence-electron chi connectivity index (χ2n) is 7.65. The lowest BCUT2D eigenvalue weighted by Gasteiger charge is -2.28. The summed E-state index contributed by atoms with van der Waals surface area (Å²) in [6.45, 7) is 1.98. The summed E-state index contributed by atoms with van der Waals surface area (Å²) in [5, 5.41) is 13.1. The molecule has 0 saturated heterocycles. The molecule has 0 atom stereocenters. The van der Waals surface area contributed by atoms with E-state index in [-0.39, 0.29) is 0 Å². The zero-order valence-electron chi connectivity index (χ0n) is 18.5. The topological polar surface area (TPSA) is 24.7 Å². The molecule has 0 bridgehead atoms. The molecule has 0 aliphatic rings. The van der Waals surface area contributed by atoms with E-state index in [0.717, 1.165) is 17.0 Å². The van der Waals surface area contributed by atoms with Crippen LogP contribution in [0.25, 0.3) is 0 Å². The maximum absolute atomic E-state index is 4.64. The zero-order chi connectivity index (χ0) is 22.2. The van der Waals surface area contributed by atoms with Gasteiger partial charge in [-0.1, -0.05) is 121 Å². The van der Waals surface area contributed by atoms with Gasteiger partial charge in [-0.3, -0.25) is 0 Å². The fraction of sp³-hybridized carbons (Fsp3) is 0.0690. The fourth-order valence-electron chi connectivity index (χ4n) is 3.86. The number of nitrogens with zero attached hydrogens (tertiary/aromatic N) is 2. The van der Waals surface area contributed by atoms with Gasteiger partial charge in [0.1, 0.15) is 0 Å². The monoisotopic (exact) mass is 434 g/mol. The van der Waals surface area contributed by atoms with Gasteiger partial charge in [0.05, 0.1) is 11.4 Å². The Kier molecular flexibility index (Phi) is 6.94. The first-order valence-electron chi connectivity index (χ1n) is 10.8. The number of hydrogen-bond donors (Lipinski definition) is 0. The first-order chi connectivity index (χ1) is 15.7. The highest BCUT2D eigenvalue weighted by Crippen LogP contribution is 2.43. The molecular weight excluding hydrogens is 407 g/mol. The van der Waals surface area contributed by atoms with Crippen molar-refractivity contribution in [3.63, 3.8) is 0 Å². The van der Waals surface area contributed by atoms with E-state index in [2.05, 4.69) is 119 Å². The lowest BCUT2D eigenvalue weighted by atomic mass is 10.1. The lowest BCUT2D eigenvalue weighted by molar-refractivity contribution is 1.23. The predicted molar refractivity (Wildman–Crippen MR) is 143 cm³/mol. The molecule has 32 heavy (non-hydrogen) atoms. The highest BCUT2D eigenvalue weighted by atomic mass is 31.2. The van der Waals surface area contributed by atoms with E-state index in [0.29, 0.717) is 0 Å². The predicted octanol–water partition coefficient (Wildman–Crippen LogP) is 5.67. The maximum atomic E-state index is 4.64. The number of hydrogen-bond acceptors (Lipinski definition) is 2. The smallest absolute Gasteiger partial charge is 0.0671 e. The van der Waals surface area contributed by atoms with Crippen molar-refractivity contribution in [2.75, 3.05) is 0 Å². The molecular formula is C29H27N2P. The van der Waals surface area contributed by atoms with Gasteiger partial charge >= 0.3 is 0 Å². The highest BCUT2D eigenvalue weighted by Gasteiger charge is 2.25. The van der Waals surface area contributed by atoms with Crippen LogP contribution in [-0.4, -0.2) is 17.2 Å². The SMILES string of the molecule is C/C(C=P(c1ccccc1)(c1ccccc1)c1ccccc1)=N\N=C(/C)c1ccccc1. The van der Waals surface area contributed by atoms with E-state index >= 15 is 0 Å². The van der Waals surface area contributed by atoms with E-state index in [1.54, 1.807) is 0 Å². The molecule has 0 amide bonds. The molecule has 0 aromatic heterocycles.